The van der Waals surface area contributed by atoms with Gasteiger partial charge in [0.25, 0.3) is 0 Å². The van der Waals surface area contributed by atoms with Crippen molar-refractivity contribution in [3.63, 3.8) is 0 Å². The van der Waals surface area contributed by atoms with E-state index in [1.54, 1.807) is 19.1 Å². The first-order valence-electron chi connectivity index (χ1n) is 4.04. The zero-order valence-electron chi connectivity index (χ0n) is 7.53. The van der Waals surface area contributed by atoms with Gasteiger partial charge in [-0.25, -0.2) is 0 Å². The molecule has 1 aromatic carbocycles. The molecule has 0 bridgehead atoms. The third kappa shape index (κ3) is 3.18. The van der Waals surface area contributed by atoms with Crippen LogP contribution in [-0.4, -0.2) is 10.9 Å². The Morgan fingerprint density at radius 1 is 1.46 bits per heavy atom. The monoisotopic (exact) mass is 176 g/mol. The Morgan fingerprint density at radius 3 is 2.62 bits per heavy atom. The molecule has 1 atom stereocenters. The minimum absolute atomic E-state index is 0.169. The number of ether oxygens (including phenoxy) is 1. The van der Waals surface area contributed by atoms with E-state index in [0.29, 0.717) is 5.75 Å². The summed E-state index contributed by atoms with van der Waals surface area (Å²) < 4.78 is 5.26. The number of rotatable bonds is 3. The van der Waals surface area contributed by atoms with Crippen molar-refractivity contribution in [1.82, 2.24) is 0 Å². The summed E-state index contributed by atoms with van der Waals surface area (Å²) >= 11 is 0. The summed E-state index contributed by atoms with van der Waals surface area (Å²) in [4.78, 5) is 0. The van der Waals surface area contributed by atoms with Crippen LogP contribution in [0.1, 0.15) is 13.3 Å². The van der Waals surface area contributed by atoms with Crippen LogP contribution in [0.3, 0.4) is 0 Å². The minimum atomic E-state index is -1.28. The van der Waals surface area contributed by atoms with Crippen LogP contribution in [-0.2, 0) is 0 Å². The van der Waals surface area contributed by atoms with Crippen LogP contribution >= 0.6 is 0 Å². The van der Waals surface area contributed by atoms with Crippen LogP contribution in [0.2, 0.25) is 0 Å². The Balaban J connectivity index is 2.65. The van der Waals surface area contributed by atoms with Gasteiger partial charge in [0, 0.05) is 6.92 Å². The van der Waals surface area contributed by atoms with Crippen molar-refractivity contribution < 1.29 is 9.84 Å². The lowest BCUT2D eigenvalue weighted by Crippen LogP contribution is -2.31. The molecule has 1 aromatic rings. The summed E-state index contributed by atoms with van der Waals surface area (Å²) in [6.07, 6.45) is 5.25. The molecule has 0 saturated heterocycles. The van der Waals surface area contributed by atoms with E-state index in [4.69, 9.17) is 11.2 Å². The summed E-state index contributed by atoms with van der Waals surface area (Å²) in [6.45, 7) is 1.54. The van der Waals surface area contributed by atoms with Crippen molar-refractivity contribution >= 4 is 0 Å². The van der Waals surface area contributed by atoms with Gasteiger partial charge in [0.05, 0.1) is 6.42 Å². The fourth-order valence-corrected chi connectivity index (χ4v) is 0.968. The molecule has 0 aliphatic rings. The van der Waals surface area contributed by atoms with Gasteiger partial charge in [-0.1, -0.05) is 24.1 Å². The second kappa shape index (κ2) is 3.97. The van der Waals surface area contributed by atoms with Gasteiger partial charge in [0.2, 0.25) is 5.79 Å². The van der Waals surface area contributed by atoms with E-state index in [0.717, 1.165) is 0 Å². The average molecular weight is 176 g/mol. The highest BCUT2D eigenvalue weighted by Crippen LogP contribution is 2.17. The smallest absolute Gasteiger partial charge is 0.216 e. The Labute approximate surface area is 78.2 Å². The molecule has 68 valence electrons. The van der Waals surface area contributed by atoms with E-state index in [1.807, 2.05) is 18.2 Å². The topological polar surface area (TPSA) is 29.5 Å². The second-order valence-electron chi connectivity index (χ2n) is 2.97. The number of para-hydroxylation sites is 1. The number of aliphatic hydroxyl groups is 1. The van der Waals surface area contributed by atoms with Gasteiger partial charge in [0.1, 0.15) is 5.75 Å². The maximum Gasteiger partial charge on any atom is 0.216 e. The molecular weight excluding hydrogens is 164 g/mol. The van der Waals surface area contributed by atoms with Gasteiger partial charge in [-0.2, -0.15) is 0 Å². The average Bonchev–Trinajstić information content (AvgIpc) is 2.04. The highest BCUT2D eigenvalue weighted by Gasteiger charge is 2.20. The molecule has 0 heterocycles. The summed E-state index contributed by atoms with van der Waals surface area (Å²) in [7, 11) is 0. The Kier molecular flexibility index (Phi) is 2.94. The van der Waals surface area contributed by atoms with Crippen molar-refractivity contribution in [1.29, 1.82) is 0 Å². The maximum atomic E-state index is 9.60. The van der Waals surface area contributed by atoms with E-state index in [1.165, 1.54) is 0 Å². The SMILES string of the molecule is C#CCC(C)(O)Oc1ccccc1. The molecule has 0 aromatic heterocycles. The molecule has 0 aliphatic carbocycles. The van der Waals surface area contributed by atoms with Crippen molar-refractivity contribution in [3.05, 3.63) is 30.3 Å². The van der Waals surface area contributed by atoms with Gasteiger partial charge in [-0.15, -0.1) is 6.42 Å². The van der Waals surface area contributed by atoms with Crippen LogP contribution in [0.4, 0.5) is 0 Å². The second-order valence-corrected chi connectivity index (χ2v) is 2.97. The predicted molar refractivity (Wildman–Crippen MR) is 51.1 cm³/mol. The quantitative estimate of drug-likeness (QED) is 0.562. The van der Waals surface area contributed by atoms with Gasteiger partial charge < -0.3 is 9.84 Å². The lowest BCUT2D eigenvalue weighted by molar-refractivity contribution is -0.116. The van der Waals surface area contributed by atoms with Gasteiger partial charge in [0.15, 0.2) is 0 Å². The maximum absolute atomic E-state index is 9.60. The van der Waals surface area contributed by atoms with Crippen LogP contribution in [0.5, 0.6) is 5.75 Å². The van der Waals surface area contributed by atoms with Gasteiger partial charge >= 0.3 is 0 Å². The predicted octanol–water partition coefficient (Wildman–Crippen LogP) is 1.80. The zero-order chi connectivity index (χ0) is 9.73. The van der Waals surface area contributed by atoms with E-state index >= 15 is 0 Å². The van der Waals surface area contributed by atoms with Crippen LogP contribution in [0.15, 0.2) is 30.3 Å². The Bertz CT molecular complexity index is 296. The first-order valence-corrected chi connectivity index (χ1v) is 4.04. The molecule has 1 unspecified atom stereocenters. The molecule has 1 N–H and O–H groups in total. The summed E-state index contributed by atoms with van der Waals surface area (Å²) in [6, 6.07) is 9.08. The van der Waals surface area contributed by atoms with Crippen molar-refractivity contribution in [2.75, 3.05) is 0 Å². The molecule has 0 spiro atoms. The third-order valence-corrected chi connectivity index (χ3v) is 1.51. The molecule has 2 nitrogen and oxygen atoms in total. The van der Waals surface area contributed by atoms with Crippen molar-refractivity contribution in [2.45, 2.75) is 19.1 Å². The van der Waals surface area contributed by atoms with E-state index in [2.05, 4.69) is 5.92 Å². The molecule has 0 saturated carbocycles. The molecule has 1 rings (SSSR count). The van der Waals surface area contributed by atoms with Gasteiger partial charge in [-0.05, 0) is 12.1 Å². The largest absolute Gasteiger partial charge is 0.462 e. The molecule has 0 radical (unpaired) electrons. The van der Waals surface area contributed by atoms with Gasteiger partial charge in [-0.3, -0.25) is 0 Å². The first kappa shape index (κ1) is 9.63. The summed E-state index contributed by atoms with van der Waals surface area (Å²) in [5.74, 6) is 1.69. The minimum Gasteiger partial charge on any atom is -0.462 e. The summed E-state index contributed by atoms with van der Waals surface area (Å²) in [5.41, 5.74) is 0. The van der Waals surface area contributed by atoms with E-state index in [-0.39, 0.29) is 6.42 Å². The number of hydrogen-bond donors (Lipinski definition) is 1. The fourth-order valence-electron chi connectivity index (χ4n) is 0.968. The molecule has 0 aliphatic heterocycles. The molecule has 13 heavy (non-hydrogen) atoms. The molecule has 0 amide bonds. The van der Waals surface area contributed by atoms with E-state index < -0.39 is 5.79 Å². The van der Waals surface area contributed by atoms with Crippen LogP contribution in [0.25, 0.3) is 0 Å². The third-order valence-electron chi connectivity index (χ3n) is 1.51. The molecule has 0 fully saturated rings. The standard InChI is InChI=1S/C11H12O2/c1-3-9-11(2,12)13-10-7-5-4-6-8-10/h1,4-8,12H,9H2,2H3. The summed E-state index contributed by atoms with van der Waals surface area (Å²) in [5, 5.41) is 9.60. The van der Waals surface area contributed by atoms with Crippen molar-refractivity contribution in [2.24, 2.45) is 0 Å². The number of benzene rings is 1. The Morgan fingerprint density at radius 2 is 2.08 bits per heavy atom. The lowest BCUT2D eigenvalue weighted by atomic mass is 10.2. The molecule has 2 heteroatoms. The zero-order valence-corrected chi connectivity index (χ0v) is 7.53. The Hall–Kier alpha value is -1.46. The lowest BCUT2D eigenvalue weighted by Gasteiger charge is -2.22. The number of hydrogen-bond acceptors (Lipinski definition) is 2. The van der Waals surface area contributed by atoms with Crippen molar-refractivity contribution in [3.8, 4) is 18.1 Å². The molecular formula is C11H12O2. The number of terminal acetylenes is 1. The van der Waals surface area contributed by atoms with E-state index in [9.17, 15) is 5.11 Å². The fraction of sp³-hybridized carbons (Fsp3) is 0.273. The highest BCUT2D eigenvalue weighted by molar-refractivity contribution is 5.21. The normalized spacial score (nSPS) is 14.2. The highest BCUT2D eigenvalue weighted by atomic mass is 16.6. The first-order chi connectivity index (χ1) is 6.14. The van der Waals surface area contributed by atoms with Crippen LogP contribution in [0, 0.1) is 12.3 Å². The van der Waals surface area contributed by atoms with Crippen LogP contribution < -0.4 is 4.74 Å².